The molecule has 0 aliphatic carbocycles. The zero-order valence-electron chi connectivity index (χ0n) is 11.8. The molecule has 0 fully saturated rings. The van der Waals surface area contributed by atoms with Crippen LogP contribution in [0.5, 0.6) is 5.75 Å². The zero-order chi connectivity index (χ0) is 14.3. The van der Waals surface area contributed by atoms with Gasteiger partial charge in [-0.15, -0.1) is 11.6 Å². The highest BCUT2D eigenvalue weighted by atomic mass is 35.5. The number of rotatable bonds is 7. The SMILES string of the molecule is CC(CCCl)CNC(=O)c1ccc(OC(C)C)cc1. The lowest BCUT2D eigenvalue weighted by atomic mass is 10.1. The summed E-state index contributed by atoms with van der Waals surface area (Å²) in [6.45, 7) is 6.66. The summed E-state index contributed by atoms with van der Waals surface area (Å²) in [6, 6.07) is 7.19. The van der Waals surface area contributed by atoms with E-state index in [2.05, 4.69) is 12.2 Å². The first-order valence-electron chi connectivity index (χ1n) is 6.63. The quantitative estimate of drug-likeness (QED) is 0.778. The molecule has 0 aliphatic rings. The fourth-order valence-corrected chi connectivity index (χ4v) is 1.99. The van der Waals surface area contributed by atoms with E-state index in [1.807, 2.05) is 26.0 Å². The molecule has 1 amide bonds. The number of carbonyl (C=O) groups excluding carboxylic acids is 1. The molecule has 19 heavy (non-hydrogen) atoms. The Kier molecular flexibility index (Phi) is 6.71. The first-order chi connectivity index (χ1) is 9.02. The number of ether oxygens (including phenoxy) is 1. The number of alkyl halides is 1. The van der Waals surface area contributed by atoms with Gasteiger partial charge in [-0.3, -0.25) is 4.79 Å². The van der Waals surface area contributed by atoms with Crippen molar-refractivity contribution in [3.8, 4) is 5.75 Å². The molecular weight excluding hydrogens is 262 g/mol. The van der Waals surface area contributed by atoms with Gasteiger partial charge in [0, 0.05) is 18.0 Å². The van der Waals surface area contributed by atoms with Crippen molar-refractivity contribution in [1.29, 1.82) is 0 Å². The van der Waals surface area contributed by atoms with Crippen LogP contribution in [-0.4, -0.2) is 24.4 Å². The second-order valence-electron chi connectivity index (χ2n) is 4.98. The second-order valence-corrected chi connectivity index (χ2v) is 5.36. The normalized spacial score (nSPS) is 12.3. The van der Waals surface area contributed by atoms with E-state index < -0.39 is 0 Å². The number of amides is 1. The summed E-state index contributed by atoms with van der Waals surface area (Å²) >= 11 is 5.66. The summed E-state index contributed by atoms with van der Waals surface area (Å²) in [5, 5.41) is 2.91. The van der Waals surface area contributed by atoms with Crippen molar-refractivity contribution in [1.82, 2.24) is 5.32 Å². The molecule has 4 heteroatoms. The maximum absolute atomic E-state index is 11.9. The zero-order valence-corrected chi connectivity index (χ0v) is 12.5. The number of hydrogen-bond donors (Lipinski definition) is 1. The number of hydrogen-bond acceptors (Lipinski definition) is 2. The van der Waals surface area contributed by atoms with Crippen LogP contribution in [0.1, 0.15) is 37.6 Å². The van der Waals surface area contributed by atoms with Crippen LogP contribution >= 0.6 is 11.6 Å². The van der Waals surface area contributed by atoms with E-state index in [1.165, 1.54) is 0 Å². The first-order valence-corrected chi connectivity index (χ1v) is 7.17. The molecule has 0 bridgehead atoms. The lowest BCUT2D eigenvalue weighted by Gasteiger charge is -2.12. The molecule has 0 aliphatic heterocycles. The highest BCUT2D eigenvalue weighted by Crippen LogP contribution is 2.14. The summed E-state index contributed by atoms with van der Waals surface area (Å²) in [5.41, 5.74) is 0.647. The van der Waals surface area contributed by atoms with E-state index in [0.29, 0.717) is 23.9 Å². The van der Waals surface area contributed by atoms with Gasteiger partial charge in [-0.05, 0) is 50.5 Å². The molecule has 0 aromatic heterocycles. The molecule has 0 saturated carbocycles. The highest BCUT2D eigenvalue weighted by Gasteiger charge is 2.08. The summed E-state index contributed by atoms with van der Waals surface area (Å²) in [4.78, 5) is 11.9. The van der Waals surface area contributed by atoms with Crippen LogP contribution in [-0.2, 0) is 0 Å². The average molecular weight is 284 g/mol. The molecule has 0 radical (unpaired) electrons. The van der Waals surface area contributed by atoms with Crippen LogP contribution in [0.4, 0.5) is 0 Å². The Hall–Kier alpha value is -1.22. The Balaban J connectivity index is 2.48. The largest absolute Gasteiger partial charge is 0.491 e. The molecule has 1 rings (SSSR count). The van der Waals surface area contributed by atoms with Crippen LogP contribution in [0.3, 0.4) is 0 Å². The number of nitrogens with one attached hydrogen (secondary N) is 1. The highest BCUT2D eigenvalue weighted by molar-refractivity contribution is 6.17. The Morgan fingerprint density at radius 1 is 1.26 bits per heavy atom. The molecule has 0 heterocycles. The third-order valence-corrected chi connectivity index (χ3v) is 2.92. The van der Waals surface area contributed by atoms with Gasteiger partial charge in [0.1, 0.15) is 5.75 Å². The van der Waals surface area contributed by atoms with Gasteiger partial charge < -0.3 is 10.1 Å². The van der Waals surface area contributed by atoms with Crippen molar-refractivity contribution in [2.75, 3.05) is 12.4 Å². The Labute approximate surface area is 120 Å². The number of benzene rings is 1. The molecule has 1 aromatic rings. The summed E-state index contributed by atoms with van der Waals surface area (Å²) in [5.74, 6) is 1.74. The van der Waals surface area contributed by atoms with Gasteiger partial charge in [-0.25, -0.2) is 0 Å². The molecule has 106 valence electrons. The number of halogens is 1. The summed E-state index contributed by atoms with van der Waals surface area (Å²) < 4.78 is 5.53. The molecule has 1 unspecified atom stereocenters. The van der Waals surface area contributed by atoms with Crippen molar-refractivity contribution in [2.24, 2.45) is 5.92 Å². The molecule has 1 atom stereocenters. The van der Waals surface area contributed by atoms with E-state index in [-0.39, 0.29) is 12.0 Å². The smallest absolute Gasteiger partial charge is 0.251 e. The van der Waals surface area contributed by atoms with E-state index in [0.717, 1.165) is 12.2 Å². The fourth-order valence-electron chi connectivity index (χ4n) is 1.61. The van der Waals surface area contributed by atoms with Crippen molar-refractivity contribution in [3.63, 3.8) is 0 Å². The monoisotopic (exact) mass is 283 g/mol. The number of carbonyl (C=O) groups is 1. The third-order valence-electron chi connectivity index (χ3n) is 2.70. The maximum Gasteiger partial charge on any atom is 0.251 e. The van der Waals surface area contributed by atoms with Crippen LogP contribution in [0.15, 0.2) is 24.3 Å². The fraction of sp³-hybridized carbons (Fsp3) is 0.533. The van der Waals surface area contributed by atoms with Crippen molar-refractivity contribution >= 4 is 17.5 Å². The van der Waals surface area contributed by atoms with Gasteiger partial charge in [0.15, 0.2) is 0 Å². The maximum atomic E-state index is 11.9. The van der Waals surface area contributed by atoms with E-state index in [9.17, 15) is 4.79 Å². The molecule has 0 spiro atoms. The van der Waals surface area contributed by atoms with Crippen LogP contribution in [0.25, 0.3) is 0 Å². The lowest BCUT2D eigenvalue weighted by molar-refractivity contribution is 0.0948. The summed E-state index contributed by atoms with van der Waals surface area (Å²) in [7, 11) is 0. The van der Waals surface area contributed by atoms with Gasteiger partial charge in [0.2, 0.25) is 0 Å². The van der Waals surface area contributed by atoms with Gasteiger partial charge >= 0.3 is 0 Å². The van der Waals surface area contributed by atoms with Crippen molar-refractivity contribution in [3.05, 3.63) is 29.8 Å². The van der Waals surface area contributed by atoms with Crippen LogP contribution in [0.2, 0.25) is 0 Å². The minimum absolute atomic E-state index is 0.0579. The predicted octanol–water partition coefficient (Wildman–Crippen LogP) is 3.47. The van der Waals surface area contributed by atoms with E-state index in [4.69, 9.17) is 16.3 Å². The molecule has 3 nitrogen and oxygen atoms in total. The average Bonchev–Trinajstić information content (AvgIpc) is 2.36. The summed E-state index contributed by atoms with van der Waals surface area (Å²) in [6.07, 6.45) is 1.04. The standard InChI is InChI=1S/C15H22ClNO2/c1-11(2)19-14-6-4-13(5-7-14)15(18)17-10-12(3)8-9-16/h4-7,11-12H,8-10H2,1-3H3,(H,17,18). The van der Waals surface area contributed by atoms with E-state index in [1.54, 1.807) is 12.1 Å². The predicted molar refractivity (Wildman–Crippen MR) is 79.0 cm³/mol. The lowest BCUT2D eigenvalue weighted by Crippen LogP contribution is -2.28. The molecule has 1 N–H and O–H groups in total. The van der Waals surface area contributed by atoms with Gasteiger partial charge in [-0.1, -0.05) is 6.92 Å². The van der Waals surface area contributed by atoms with Crippen LogP contribution < -0.4 is 10.1 Å². The van der Waals surface area contributed by atoms with Gasteiger partial charge in [0.05, 0.1) is 6.10 Å². The Morgan fingerprint density at radius 3 is 2.42 bits per heavy atom. The minimum Gasteiger partial charge on any atom is -0.491 e. The van der Waals surface area contributed by atoms with E-state index >= 15 is 0 Å². The first kappa shape index (κ1) is 15.8. The van der Waals surface area contributed by atoms with Crippen LogP contribution in [0, 0.1) is 5.92 Å². The van der Waals surface area contributed by atoms with Crippen molar-refractivity contribution < 1.29 is 9.53 Å². The van der Waals surface area contributed by atoms with Crippen molar-refractivity contribution in [2.45, 2.75) is 33.3 Å². The molecule has 1 aromatic carbocycles. The topological polar surface area (TPSA) is 38.3 Å². The van der Waals surface area contributed by atoms with Gasteiger partial charge in [0.25, 0.3) is 5.91 Å². The Bertz CT molecular complexity index is 390. The Morgan fingerprint density at radius 2 is 1.89 bits per heavy atom. The second kappa shape index (κ2) is 8.05. The molecule has 0 saturated heterocycles. The minimum atomic E-state index is -0.0579. The molecular formula is C15H22ClNO2. The van der Waals surface area contributed by atoms with Gasteiger partial charge in [-0.2, -0.15) is 0 Å². The third kappa shape index (κ3) is 5.97.